The zero-order chi connectivity index (χ0) is 19.6. The largest absolute Gasteiger partial charge is 0.383 e. The number of nitrogens with zero attached hydrogens (tertiary/aromatic N) is 3. The van der Waals surface area contributed by atoms with Gasteiger partial charge in [-0.3, -0.25) is 4.79 Å². The summed E-state index contributed by atoms with van der Waals surface area (Å²) in [5, 5.41) is 7.84. The van der Waals surface area contributed by atoms with Crippen LogP contribution in [0, 0.1) is 6.92 Å². The molecule has 0 saturated heterocycles. The molecule has 0 bridgehead atoms. The molecule has 1 amide bonds. The lowest BCUT2D eigenvalue weighted by Gasteiger charge is -2.15. The summed E-state index contributed by atoms with van der Waals surface area (Å²) in [6.45, 7) is 2.62. The molecule has 3 N–H and O–H groups in total. The normalized spacial score (nSPS) is 11.0. The quantitative estimate of drug-likeness (QED) is 0.703. The Labute approximate surface area is 163 Å². The van der Waals surface area contributed by atoms with Crippen LogP contribution in [0.25, 0.3) is 5.69 Å². The molecule has 0 saturated carbocycles. The molecule has 0 atom stereocenters. The number of aromatic nitrogens is 2. The smallest absolute Gasteiger partial charge is 0.261 e. The Hall–Kier alpha value is -2.83. The minimum absolute atomic E-state index is 0.296. The van der Waals surface area contributed by atoms with Gasteiger partial charge in [0.05, 0.1) is 11.9 Å². The van der Waals surface area contributed by atoms with E-state index in [-0.39, 0.29) is 5.91 Å². The predicted molar refractivity (Wildman–Crippen MR) is 110 cm³/mol. The zero-order valence-corrected chi connectivity index (χ0v) is 16.3. The number of aryl methyl sites for hydroxylation is 1. The molecule has 7 heteroatoms. The first kappa shape index (κ1) is 18.9. The van der Waals surface area contributed by atoms with E-state index in [1.807, 2.05) is 56.3 Å². The number of rotatable bonds is 5. The van der Waals surface area contributed by atoms with E-state index in [0.29, 0.717) is 28.6 Å². The van der Waals surface area contributed by atoms with Crippen molar-refractivity contribution in [3.63, 3.8) is 0 Å². The van der Waals surface area contributed by atoms with Gasteiger partial charge in [-0.15, -0.1) is 0 Å². The third-order valence-electron chi connectivity index (χ3n) is 4.20. The van der Waals surface area contributed by atoms with Crippen LogP contribution in [0.4, 0.5) is 11.5 Å². The lowest BCUT2D eigenvalue weighted by atomic mass is 10.1. The monoisotopic (exact) mass is 383 g/mol. The second-order valence-corrected chi connectivity index (χ2v) is 7.07. The van der Waals surface area contributed by atoms with Crippen LogP contribution in [0.2, 0.25) is 5.02 Å². The van der Waals surface area contributed by atoms with E-state index >= 15 is 0 Å². The van der Waals surface area contributed by atoms with Gasteiger partial charge in [0.1, 0.15) is 11.4 Å². The summed E-state index contributed by atoms with van der Waals surface area (Å²) in [5.41, 5.74) is 10.0. The molecule has 0 fully saturated rings. The van der Waals surface area contributed by atoms with Crippen molar-refractivity contribution in [3.8, 4) is 5.69 Å². The Morgan fingerprint density at radius 1 is 1.26 bits per heavy atom. The number of hydrogen-bond acceptors (Lipinski definition) is 4. The van der Waals surface area contributed by atoms with Crippen LogP contribution in [0.3, 0.4) is 0 Å². The van der Waals surface area contributed by atoms with Gasteiger partial charge in [-0.25, -0.2) is 4.68 Å². The number of para-hydroxylation sites is 1. The van der Waals surface area contributed by atoms with Crippen molar-refractivity contribution in [3.05, 3.63) is 70.4 Å². The number of halogens is 1. The van der Waals surface area contributed by atoms with Gasteiger partial charge >= 0.3 is 0 Å². The Kier molecular flexibility index (Phi) is 5.48. The van der Waals surface area contributed by atoms with Crippen LogP contribution >= 0.6 is 11.6 Å². The van der Waals surface area contributed by atoms with Crippen molar-refractivity contribution in [2.24, 2.45) is 0 Å². The molecule has 3 aromatic rings. The Balaban J connectivity index is 1.89. The van der Waals surface area contributed by atoms with Gasteiger partial charge in [-0.2, -0.15) is 5.10 Å². The first-order valence-electron chi connectivity index (χ1n) is 8.51. The van der Waals surface area contributed by atoms with Gasteiger partial charge < -0.3 is 16.0 Å². The SMILES string of the molecule is Cc1ccccc1-n1ncc(C(=O)Nc2ccc(Cl)cc2CN(C)C)c1N. The van der Waals surface area contributed by atoms with Crippen molar-refractivity contribution in [1.29, 1.82) is 0 Å². The molecule has 1 aromatic heterocycles. The average molecular weight is 384 g/mol. The lowest BCUT2D eigenvalue weighted by molar-refractivity contribution is 0.102. The van der Waals surface area contributed by atoms with E-state index < -0.39 is 0 Å². The predicted octanol–water partition coefficient (Wildman–Crippen LogP) is 3.73. The van der Waals surface area contributed by atoms with E-state index in [4.69, 9.17) is 17.3 Å². The first-order chi connectivity index (χ1) is 12.9. The number of hydrogen-bond donors (Lipinski definition) is 2. The molecule has 2 aromatic carbocycles. The van der Waals surface area contributed by atoms with E-state index in [9.17, 15) is 4.79 Å². The molecule has 1 heterocycles. The fraction of sp³-hybridized carbons (Fsp3) is 0.200. The molecule has 6 nitrogen and oxygen atoms in total. The molecule has 0 unspecified atom stereocenters. The maximum atomic E-state index is 12.8. The van der Waals surface area contributed by atoms with Crippen molar-refractivity contribution in [1.82, 2.24) is 14.7 Å². The van der Waals surface area contributed by atoms with E-state index in [2.05, 4.69) is 10.4 Å². The fourth-order valence-electron chi connectivity index (χ4n) is 2.87. The minimum Gasteiger partial charge on any atom is -0.383 e. The van der Waals surface area contributed by atoms with Gasteiger partial charge in [-0.05, 0) is 56.4 Å². The Morgan fingerprint density at radius 3 is 2.70 bits per heavy atom. The van der Waals surface area contributed by atoms with Gasteiger partial charge in [-0.1, -0.05) is 29.8 Å². The highest BCUT2D eigenvalue weighted by atomic mass is 35.5. The molecule has 0 radical (unpaired) electrons. The summed E-state index contributed by atoms with van der Waals surface area (Å²) >= 11 is 6.10. The molecular weight excluding hydrogens is 362 g/mol. The molecule has 0 spiro atoms. The minimum atomic E-state index is -0.310. The number of nitrogens with two attached hydrogens (primary N) is 1. The summed E-state index contributed by atoms with van der Waals surface area (Å²) in [4.78, 5) is 14.8. The molecule has 0 aliphatic carbocycles. The summed E-state index contributed by atoms with van der Waals surface area (Å²) in [7, 11) is 3.91. The fourth-order valence-corrected chi connectivity index (χ4v) is 3.07. The van der Waals surface area contributed by atoms with E-state index in [1.165, 1.54) is 6.20 Å². The molecule has 0 aliphatic rings. The van der Waals surface area contributed by atoms with Crippen LogP contribution in [0.15, 0.2) is 48.7 Å². The number of benzene rings is 2. The number of nitrogens with one attached hydrogen (secondary N) is 1. The molecule has 27 heavy (non-hydrogen) atoms. The van der Waals surface area contributed by atoms with Crippen molar-refractivity contribution >= 4 is 29.0 Å². The summed E-state index contributed by atoms with van der Waals surface area (Å²) in [5.74, 6) is -0.0143. The summed E-state index contributed by atoms with van der Waals surface area (Å²) < 4.78 is 1.58. The third kappa shape index (κ3) is 4.13. The van der Waals surface area contributed by atoms with E-state index in [0.717, 1.165) is 16.8 Å². The highest BCUT2D eigenvalue weighted by Crippen LogP contribution is 2.24. The van der Waals surface area contributed by atoms with Gasteiger partial charge in [0.2, 0.25) is 0 Å². The third-order valence-corrected chi connectivity index (χ3v) is 4.43. The van der Waals surface area contributed by atoms with Crippen molar-refractivity contribution in [2.45, 2.75) is 13.5 Å². The molecular formula is C20H22ClN5O. The van der Waals surface area contributed by atoms with Gasteiger partial charge in [0.15, 0.2) is 0 Å². The molecule has 0 aliphatic heterocycles. The topological polar surface area (TPSA) is 76.2 Å². The number of amides is 1. The van der Waals surface area contributed by atoms with Crippen molar-refractivity contribution < 1.29 is 4.79 Å². The highest BCUT2D eigenvalue weighted by Gasteiger charge is 2.18. The average Bonchev–Trinajstić information content (AvgIpc) is 2.98. The van der Waals surface area contributed by atoms with Crippen LogP contribution in [-0.4, -0.2) is 34.7 Å². The second kappa shape index (κ2) is 7.82. The van der Waals surface area contributed by atoms with Crippen LogP contribution < -0.4 is 11.1 Å². The maximum Gasteiger partial charge on any atom is 0.261 e. The van der Waals surface area contributed by atoms with Gasteiger partial charge in [0.25, 0.3) is 5.91 Å². The van der Waals surface area contributed by atoms with Gasteiger partial charge in [0, 0.05) is 17.3 Å². The zero-order valence-electron chi connectivity index (χ0n) is 15.5. The van der Waals surface area contributed by atoms with Crippen LogP contribution in [0.5, 0.6) is 0 Å². The Bertz CT molecular complexity index is 980. The summed E-state index contributed by atoms with van der Waals surface area (Å²) in [6, 6.07) is 13.1. The molecule has 3 rings (SSSR count). The Morgan fingerprint density at radius 2 is 2.00 bits per heavy atom. The first-order valence-corrected chi connectivity index (χ1v) is 8.88. The highest BCUT2D eigenvalue weighted by molar-refractivity contribution is 6.30. The number of nitrogen functional groups attached to an aromatic ring is 1. The number of anilines is 2. The number of carbonyl (C=O) groups is 1. The number of carbonyl (C=O) groups excluding carboxylic acids is 1. The second-order valence-electron chi connectivity index (χ2n) is 6.64. The van der Waals surface area contributed by atoms with Crippen LogP contribution in [-0.2, 0) is 6.54 Å². The summed E-state index contributed by atoms with van der Waals surface area (Å²) in [6.07, 6.45) is 1.48. The maximum absolute atomic E-state index is 12.8. The lowest BCUT2D eigenvalue weighted by Crippen LogP contribution is -2.17. The standard InChI is InChI=1S/C20H22ClN5O/c1-13-6-4-5-7-18(13)26-19(22)16(11-23-26)20(27)24-17-9-8-15(21)10-14(17)12-25(2)3/h4-11H,12,22H2,1-3H3,(H,24,27). The van der Waals surface area contributed by atoms with Crippen molar-refractivity contribution in [2.75, 3.05) is 25.1 Å². The molecule has 140 valence electrons. The van der Waals surface area contributed by atoms with Crippen LogP contribution in [0.1, 0.15) is 21.5 Å². The van der Waals surface area contributed by atoms with E-state index in [1.54, 1.807) is 16.8 Å².